The van der Waals surface area contributed by atoms with E-state index in [1.165, 1.54) is 0 Å². The van der Waals surface area contributed by atoms with E-state index in [0.29, 0.717) is 4.90 Å². The molecule has 0 aromatic heterocycles. The van der Waals surface area contributed by atoms with Crippen molar-refractivity contribution in [3.63, 3.8) is 0 Å². The van der Waals surface area contributed by atoms with Crippen LogP contribution in [-0.2, 0) is 9.59 Å². The topological polar surface area (TPSA) is 113 Å². The van der Waals surface area contributed by atoms with E-state index in [9.17, 15) is 23.2 Å². The van der Waals surface area contributed by atoms with Crippen molar-refractivity contribution in [3.8, 4) is 0 Å². The highest BCUT2D eigenvalue weighted by molar-refractivity contribution is 5.85. The molecular weight excluding hydrogens is 228 g/mol. The molecule has 0 saturated heterocycles. The van der Waals surface area contributed by atoms with Crippen molar-refractivity contribution in [2.24, 2.45) is 5.73 Å². The van der Waals surface area contributed by atoms with Crippen molar-refractivity contribution in [3.05, 3.63) is 0 Å². The maximum absolute atomic E-state index is 11.7. The van der Waals surface area contributed by atoms with E-state index >= 15 is 0 Å². The fraction of sp³-hybridized carbons (Fsp3) is 0.571. The number of aliphatic carboxylic acids is 1. The van der Waals surface area contributed by atoms with Gasteiger partial charge in [-0.2, -0.15) is 0 Å². The molecule has 16 heavy (non-hydrogen) atoms. The van der Waals surface area contributed by atoms with Gasteiger partial charge in [0.25, 0.3) is 6.43 Å². The van der Waals surface area contributed by atoms with Crippen LogP contribution in [0, 0.1) is 0 Å². The van der Waals surface area contributed by atoms with Crippen LogP contribution in [0.2, 0.25) is 0 Å². The van der Waals surface area contributed by atoms with E-state index in [1.807, 2.05) is 0 Å². The van der Waals surface area contributed by atoms with Gasteiger partial charge < -0.3 is 21.1 Å². The molecule has 4 N–H and O–H groups in total. The molecule has 0 heterocycles. The zero-order valence-electron chi connectivity index (χ0n) is 8.15. The Hall–Kier alpha value is -1.93. The summed E-state index contributed by atoms with van der Waals surface area (Å²) in [6, 6.07) is -1.08. The maximum Gasteiger partial charge on any atom is 0.323 e. The predicted octanol–water partition coefficient (Wildman–Crippen LogP) is -1.17. The van der Waals surface area contributed by atoms with Crippen molar-refractivity contribution >= 4 is 17.9 Å². The van der Waals surface area contributed by atoms with Crippen molar-refractivity contribution < 1.29 is 28.3 Å². The van der Waals surface area contributed by atoms with Crippen LogP contribution in [0.3, 0.4) is 0 Å². The van der Waals surface area contributed by atoms with E-state index in [0.717, 1.165) is 0 Å². The molecule has 0 aliphatic carbocycles. The highest BCUT2D eigenvalue weighted by Gasteiger charge is 2.19. The number of carboxylic acid groups (broad SMARTS) is 1. The maximum atomic E-state index is 11.7. The number of primary amides is 1. The summed E-state index contributed by atoms with van der Waals surface area (Å²) in [4.78, 5) is 32.5. The van der Waals surface area contributed by atoms with Gasteiger partial charge in [0.15, 0.2) is 0 Å². The second-order valence-corrected chi connectivity index (χ2v) is 2.79. The second-order valence-electron chi connectivity index (χ2n) is 2.79. The van der Waals surface area contributed by atoms with Crippen molar-refractivity contribution in [1.29, 1.82) is 0 Å². The van der Waals surface area contributed by atoms with E-state index in [-0.39, 0.29) is 0 Å². The minimum absolute atomic E-state index is 0.521. The lowest BCUT2D eigenvalue weighted by Crippen LogP contribution is -2.47. The first kappa shape index (κ1) is 14.1. The highest BCUT2D eigenvalue weighted by atomic mass is 19.3. The number of halogens is 2. The monoisotopic (exact) mass is 239 g/mol. The summed E-state index contributed by atoms with van der Waals surface area (Å²) in [5.74, 6) is -2.32. The molecule has 0 aromatic rings. The normalized spacial score (nSPS) is 9.94. The van der Waals surface area contributed by atoms with Crippen LogP contribution in [0.15, 0.2) is 0 Å². The lowest BCUT2D eigenvalue weighted by molar-refractivity contribution is -0.137. The van der Waals surface area contributed by atoms with Gasteiger partial charge >= 0.3 is 12.0 Å². The molecule has 0 rings (SSSR count). The smallest absolute Gasteiger partial charge is 0.323 e. The van der Waals surface area contributed by atoms with Gasteiger partial charge in [0.2, 0.25) is 5.91 Å². The van der Waals surface area contributed by atoms with E-state index in [4.69, 9.17) is 10.8 Å². The summed E-state index contributed by atoms with van der Waals surface area (Å²) in [5, 5.41) is 10.2. The lowest BCUT2D eigenvalue weighted by Gasteiger charge is -2.19. The second kappa shape index (κ2) is 6.53. The molecule has 0 fully saturated rings. The molecule has 0 saturated carbocycles. The first-order valence-corrected chi connectivity index (χ1v) is 4.14. The van der Waals surface area contributed by atoms with Crippen LogP contribution in [0.5, 0.6) is 0 Å². The van der Waals surface area contributed by atoms with Gasteiger partial charge in [-0.25, -0.2) is 13.6 Å². The zero-order valence-corrected chi connectivity index (χ0v) is 8.15. The molecule has 0 aliphatic heterocycles. The standard InChI is InChI=1S/C7H11F2N3O4/c8-4(9)1-11-7(16)12(2-5(10)13)3-6(14)15/h4H,1-3H2,(H2,10,13)(H,11,16)(H,14,15). The number of carbonyl (C=O) groups excluding carboxylic acids is 2. The molecule has 0 aromatic carbocycles. The van der Waals surface area contributed by atoms with E-state index < -0.39 is 44.0 Å². The minimum atomic E-state index is -2.76. The Labute approximate surface area is 89.2 Å². The van der Waals surface area contributed by atoms with Gasteiger partial charge in [0.05, 0.1) is 6.54 Å². The third-order valence-corrected chi connectivity index (χ3v) is 1.37. The molecule has 0 spiro atoms. The number of nitrogens with one attached hydrogen (secondary N) is 1. The Balaban J connectivity index is 4.31. The minimum Gasteiger partial charge on any atom is -0.480 e. The number of carboxylic acids is 1. The summed E-state index contributed by atoms with van der Waals surface area (Å²) in [6.07, 6.45) is -2.76. The number of amides is 3. The Kier molecular flexibility index (Phi) is 5.75. The van der Waals surface area contributed by atoms with Crippen LogP contribution in [0.25, 0.3) is 0 Å². The number of rotatable bonds is 6. The summed E-state index contributed by atoms with van der Waals surface area (Å²) in [7, 11) is 0. The average Bonchev–Trinajstić information content (AvgIpc) is 2.11. The molecule has 0 aliphatic rings. The van der Waals surface area contributed by atoms with Crippen LogP contribution in [0.1, 0.15) is 0 Å². The van der Waals surface area contributed by atoms with Crippen molar-refractivity contribution in [1.82, 2.24) is 10.2 Å². The number of nitrogens with zero attached hydrogens (tertiary/aromatic N) is 1. The van der Waals surface area contributed by atoms with Gasteiger partial charge in [-0.05, 0) is 0 Å². The quantitative estimate of drug-likeness (QED) is 0.542. The summed E-state index contributed by atoms with van der Waals surface area (Å²) in [6.45, 7) is -2.37. The summed E-state index contributed by atoms with van der Waals surface area (Å²) >= 11 is 0. The van der Waals surface area contributed by atoms with Gasteiger partial charge in [-0.15, -0.1) is 0 Å². The summed E-state index contributed by atoms with van der Waals surface area (Å²) in [5.41, 5.74) is 4.76. The van der Waals surface area contributed by atoms with Crippen molar-refractivity contribution in [2.75, 3.05) is 19.6 Å². The molecular formula is C7H11F2N3O4. The van der Waals surface area contributed by atoms with Gasteiger partial charge in [-0.1, -0.05) is 0 Å². The first-order chi connectivity index (χ1) is 7.32. The molecule has 0 atom stereocenters. The van der Waals surface area contributed by atoms with Crippen LogP contribution >= 0.6 is 0 Å². The lowest BCUT2D eigenvalue weighted by atomic mass is 10.4. The molecule has 9 heteroatoms. The molecule has 7 nitrogen and oxygen atoms in total. The number of carbonyl (C=O) groups is 3. The SMILES string of the molecule is NC(=O)CN(CC(=O)O)C(=O)NCC(F)F. The molecule has 0 radical (unpaired) electrons. The van der Waals surface area contributed by atoms with Gasteiger partial charge in [0.1, 0.15) is 13.1 Å². The van der Waals surface area contributed by atoms with Gasteiger partial charge in [-0.3, -0.25) is 9.59 Å². The number of alkyl halides is 2. The largest absolute Gasteiger partial charge is 0.480 e. The molecule has 92 valence electrons. The van der Waals surface area contributed by atoms with Crippen LogP contribution < -0.4 is 11.1 Å². The third-order valence-electron chi connectivity index (χ3n) is 1.37. The van der Waals surface area contributed by atoms with Crippen molar-refractivity contribution in [2.45, 2.75) is 6.43 Å². The Morgan fingerprint density at radius 2 is 1.88 bits per heavy atom. The van der Waals surface area contributed by atoms with E-state index in [1.54, 1.807) is 5.32 Å². The zero-order chi connectivity index (χ0) is 12.7. The predicted molar refractivity (Wildman–Crippen MR) is 47.8 cm³/mol. The fourth-order valence-electron chi connectivity index (χ4n) is 0.827. The van der Waals surface area contributed by atoms with Gasteiger partial charge in [0, 0.05) is 0 Å². The number of hydrogen-bond donors (Lipinski definition) is 3. The third kappa shape index (κ3) is 6.51. The molecule has 0 bridgehead atoms. The van der Waals surface area contributed by atoms with E-state index in [2.05, 4.69) is 0 Å². The first-order valence-electron chi connectivity index (χ1n) is 4.14. The summed E-state index contributed by atoms with van der Waals surface area (Å²) < 4.78 is 23.5. The van der Waals surface area contributed by atoms with Crippen LogP contribution in [-0.4, -0.2) is 54.0 Å². The molecule has 3 amide bonds. The molecule has 0 unspecified atom stereocenters. The fourth-order valence-corrected chi connectivity index (χ4v) is 0.827. The Morgan fingerprint density at radius 3 is 2.25 bits per heavy atom. The number of urea groups is 1. The Morgan fingerprint density at radius 1 is 1.31 bits per heavy atom. The number of hydrogen-bond acceptors (Lipinski definition) is 3. The Bertz CT molecular complexity index is 269. The van der Waals surface area contributed by atoms with Crippen LogP contribution in [0.4, 0.5) is 13.6 Å². The number of nitrogens with two attached hydrogens (primary N) is 1. The highest BCUT2D eigenvalue weighted by Crippen LogP contribution is 1.92. The average molecular weight is 239 g/mol.